The highest BCUT2D eigenvalue weighted by Gasteiger charge is 2.31. The van der Waals surface area contributed by atoms with Gasteiger partial charge in [-0.25, -0.2) is 19.2 Å². The van der Waals surface area contributed by atoms with Crippen LogP contribution in [0, 0.1) is 0 Å². The quantitative estimate of drug-likeness (QED) is 0.255. The number of aromatic carboxylic acids is 1. The molecule has 9 heteroatoms. The third-order valence-corrected chi connectivity index (χ3v) is 5.21. The van der Waals surface area contributed by atoms with E-state index in [1.54, 1.807) is 54.6 Å². The third kappa shape index (κ3) is 5.68. The third-order valence-electron chi connectivity index (χ3n) is 5.21. The van der Waals surface area contributed by atoms with Crippen molar-refractivity contribution in [2.24, 2.45) is 0 Å². The van der Waals surface area contributed by atoms with Crippen LogP contribution in [0.1, 0.15) is 41.4 Å². The summed E-state index contributed by atoms with van der Waals surface area (Å²) in [5.41, 5.74) is -0.102. The fraction of sp³-hybridized carbons (Fsp3) is 0.0345. The molecular weight excluding hydrogens is 492 g/mol. The molecule has 0 amide bonds. The number of carbonyl (C=O) groups is 4. The Morgan fingerprint density at radius 1 is 0.553 bits per heavy atom. The van der Waals surface area contributed by atoms with E-state index in [2.05, 4.69) is 0 Å². The Bertz CT molecular complexity index is 1480. The average molecular weight is 512 g/mol. The lowest BCUT2D eigenvalue weighted by Gasteiger charge is -2.19. The summed E-state index contributed by atoms with van der Waals surface area (Å²) in [4.78, 5) is 50.9. The van der Waals surface area contributed by atoms with Crippen LogP contribution in [0.5, 0.6) is 23.0 Å². The Morgan fingerprint density at radius 3 is 1.34 bits per heavy atom. The number of benzene rings is 4. The van der Waals surface area contributed by atoms with Crippen molar-refractivity contribution in [1.82, 2.24) is 0 Å². The number of methoxy groups -OCH3 is 1. The SMILES string of the molecule is COc1c(C(=O)O)cc(OC(=O)c2ccccc2)c(OC(=O)c2ccccc2)c1OC(=O)c1ccccc1. The lowest BCUT2D eigenvalue weighted by molar-refractivity contribution is 0.0643. The van der Waals surface area contributed by atoms with E-state index >= 15 is 0 Å². The van der Waals surface area contributed by atoms with Crippen LogP contribution >= 0.6 is 0 Å². The van der Waals surface area contributed by atoms with Crippen molar-refractivity contribution in [3.05, 3.63) is 119 Å². The topological polar surface area (TPSA) is 125 Å². The summed E-state index contributed by atoms with van der Waals surface area (Å²) in [6.07, 6.45) is 0. The number of carboxylic acids is 1. The first kappa shape index (κ1) is 25.6. The number of carbonyl (C=O) groups excluding carboxylic acids is 3. The Hall–Kier alpha value is -5.44. The predicted octanol–water partition coefficient (Wildman–Crippen LogP) is 5.05. The summed E-state index contributed by atoms with van der Waals surface area (Å²) >= 11 is 0. The van der Waals surface area contributed by atoms with E-state index < -0.39 is 52.4 Å². The Kier molecular flexibility index (Phi) is 7.78. The fourth-order valence-electron chi connectivity index (χ4n) is 3.41. The van der Waals surface area contributed by atoms with E-state index in [1.165, 1.54) is 36.4 Å². The molecule has 0 saturated carbocycles. The normalized spacial score (nSPS) is 10.2. The zero-order valence-electron chi connectivity index (χ0n) is 20.0. The van der Waals surface area contributed by atoms with Crippen molar-refractivity contribution in [2.75, 3.05) is 7.11 Å². The standard InChI is InChI=1S/C29H20O9/c1-35-23-21(26(30)31)17-22(36-27(32)18-11-5-2-6-12-18)24(37-28(33)19-13-7-3-8-14-19)25(23)38-29(34)20-15-9-4-10-16-20/h2-17H,1H3,(H,30,31). The van der Waals surface area contributed by atoms with Crippen molar-refractivity contribution in [2.45, 2.75) is 0 Å². The van der Waals surface area contributed by atoms with Gasteiger partial charge in [-0.3, -0.25) is 0 Å². The maximum Gasteiger partial charge on any atom is 0.343 e. The predicted molar refractivity (Wildman–Crippen MR) is 134 cm³/mol. The molecule has 0 radical (unpaired) electrons. The lowest BCUT2D eigenvalue weighted by atomic mass is 10.1. The Labute approximate surface area is 216 Å². The summed E-state index contributed by atoms with van der Waals surface area (Å²) in [5, 5.41) is 9.83. The monoisotopic (exact) mass is 512 g/mol. The molecule has 0 bridgehead atoms. The molecule has 38 heavy (non-hydrogen) atoms. The van der Waals surface area contributed by atoms with Gasteiger partial charge in [-0.15, -0.1) is 0 Å². The first-order chi connectivity index (χ1) is 18.4. The maximum atomic E-state index is 13.0. The highest BCUT2D eigenvalue weighted by molar-refractivity contribution is 5.99. The van der Waals surface area contributed by atoms with Crippen LogP contribution in [-0.2, 0) is 0 Å². The number of carboxylic acid groups (broad SMARTS) is 1. The fourth-order valence-corrected chi connectivity index (χ4v) is 3.41. The largest absolute Gasteiger partial charge is 0.492 e. The van der Waals surface area contributed by atoms with Gasteiger partial charge in [-0.05, 0) is 36.4 Å². The van der Waals surface area contributed by atoms with Crippen molar-refractivity contribution in [1.29, 1.82) is 0 Å². The van der Waals surface area contributed by atoms with E-state index in [-0.39, 0.29) is 16.7 Å². The molecule has 0 unspecified atom stereocenters. The minimum atomic E-state index is -1.48. The molecule has 4 aromatic carbocycles. The average Bonchev–Trinajstić information content (AvgIpc) is 2.95. The highest BCUT2D eigenvalue weighted by atomic mass is 16.6. The number of hydrogen-bond donors (Lipinski definition) is 1. The molecule has 0 heterocycles. The molecule has 0 atom stereocenters. The molecule has 0 saturated heterocycles. The van der Waals surface area contributed by atoms with Crippen molar-refractivity contribution in [3.8, 4) is 23.0 Å². The Morgan fingerprint density at radius 2 is 0.947 bits per heavy atom. The smallest absolute Gasteiger partial charge is 0.343 e. The maximum absolute atomic E-state index is 13.0. The lowest BCUT2D eigenvalue weighted by Crippen LogP contribution is -2.17. The molecule has 9 nitrogen and oxygen atoms in total. The van der Waals surface area contributed by atoms with Gasteiger partial charge in [0.1, 0.15) is 5.56 Å². The summed E-state index contributed by atoms with van der Waals surface area (Å²) in [6, 6.07) is 24.6. The summed E-state index contributed by atoms with van der Waals surface area (Å²) < 4.78 is 21.8. The first-order valence-corrected chi connectivity index (χ1v) is 11.2. The second-order valence-corrected chi connectivity index (χ2v) is 7.69. The van der Waals surface area contributed by atoms with Gasteiger partial charge in [0.2, 0.25) is 11.5 Å². The van der Waals surface area contributed by atoms with E-state index in [0.29, 0.717) is 0 Å². The van der Waals surface area contributed by atoms with E-state index in [0.717, 1.165) is 13.2 Å². The highest BCUT2D eigenvalue weighted by Crippen LogP contribution is 2.48. The van der Waals surface area contributed by atoms with Gasteiger partial charge in [-0.2, -0.15) is 0 Å². The second-order valence-electron chi connectivity index (χ2n) is 7.69. The zero-order valence-corrected chi connectivity index (χ0v) is 20.0. The first-order valence-electron chi connectivity index (χ1n) is 11.2. The molecule has 4 rings (SSSR count). The molecular formula is C29H20O9. The van der Waals surface area contributed by atoms with Crippen LogP contribution in [-0.4, -0.2) is 36.1 Å². The van der Waals surface area contributed by atoms with Gasteiger partial charge in [0.15, 0.2) is 11.5 Å². The molecule has 0 aliphatic heterocycles. The summed E-state index contributed by atoms with van der Waals surface area (Å²) in [6.45, 7) is 0. The van der Waals surface area contributed by atoms with Crippen LogP contribution in [0.4, 0.5) is 0 Å². The van der Waals surface area contributed by atoms with Crippen molar-refractivity contribution >= 4 is 23.9 Å². The van der Waals surface area contributed by atoms with Crippen LogP contribution in [0.15, 0.2) is 97.1 Å². The summed E-state index contributed by atoms with van der Waals surface area (Å²) in [5.74, 6) is -6.10. The van der Waals surface area contributed by atoms with Gasteiger partial charge >= 0.3 is 23.9 Å². The molecule has 0 aliphatic carbocycles. The molecule has 190 valence electrons. The van der Waals surface area contributed by atoms with Crippen molar-refractivity contribution in [3.63, 3.8) is 0 Å². The molecule has 0 aromatic heterocycles. The number of esters is 3. The van der Waals surface area contributed by atoms with Crippen molar-refractivity contribution < 1.29 is 43.2 Å². The van der Waals surface area contributed by atoms with Gasteiger partial charge in [0.05, 0.1) is 23.8 Å². The Balaban J connectivity index is 1.88. The van der Waals surface area contributed by atoms with Crippen LogP contribution in [0.2, 0.25) is 0 Å². The van der Waals surface area contributed by atoms with E-state index in [1.807, 2.05) is 0 Å². The van der Waals surface area contributed by atoms with Gasteiger partial charge < -0.3 is 24.1 Å². The number of ether oxygens (including phenoxy) is 4. The number of hydrogen-bond acceptors (Lipinski definition) is 8. The minimum Gasteiger partial charge on any atom is -0.492 e. The van der Waals surface area contributed by atoms with Crippen LogP contribution in [0.3, 0.4) is 0 Å². The second kappa shape index (κ2) is 11.5. The summed E-state index contributed by atoms with van der Waals surface area (Å²) in [7, 11) is 1.15. The molecule has 1 N–H and O–H groups in total. The van der Waals surface area contributed by atoms with Gasteiger partial charge in [0, 0.05) is 6.07 Å². The van der Waals surface area contributed by atoms with Gasteiger partial charge in [-0.1, -0.05) is 54.6 Å². The minimum absolute atomic E-state index is 0.124. The molecule has 4 aromatic rings. The van der Waals surface area contributed by atoms with E-state index in [4.69, 9.17) is 18.9 Å². The van der Waals surface area contributed by atoms with E-state index in [9.17, 15) is 24.3 Å². The molecule has 0 fully saturated rings. The van der Waals surface area contributed by atoms with Gasteiger partial charge in [0.25, 0.3) is 0 Å². The number of rotatable bonds is 8. The molecule has 0 aliphatic rings. The molecule has 0 spiro atoms. The van der Waals surface area contributed by atoms with Crippen LogP contribution < -0.4 is 18.9 Å². The van der Waals surface area contributed by atoms with Crippen LogP contribution in [0.25, 0.3) is 0 Å². The zero-order chi connectivity index (χ0) is 27.1.